The highest BCUT2D eigenvalue weighted by Gasteiger charge is 2.29. The zero-order valence-electron chi connectivity index (χ0n) is 12.9. The number of piperidine rings is 1. The van der Waals surface area contributed by atoms with Crippen molar-refractivity contribution in [3.8, 4) is 0 Å². The van der Waals surface area contributed by atoms with Crippen molar-refractivity contribution >= 4 is 10.0 Å². The van der Waals surface area contributed by atoms with Crippen LogP contribution in [-0.2, 0) is 16.4 Å². The number of sulfonamides is 1. The normalized spacial score (nSPS) is 19.8. The summed E-state index contributed by atoms with van der Waals surface area (Å²) in [5, 5.41) is 0. The van der Waals surface area contributed by atoms with Crippen molar-refractivity contribution in [3.05, 3.63) is 53.5 Å². The molecule has 0 N–H and O–H groups in total. The molecule has 5 nitrogen and oxygen atoms in total. The first-order valence-corrected chi connectivity index (χ1v) is 9.41. The molecule has 124 valence electrons. The molecule has 1 aliphatic rings. The molecule has 1 atom stereocenters. The topological polar surface area (TPSA) is 63.4 Å². The molecule has 1 saturated heterocycles. The molecular weight excluding hydrogens is 319 g/mol. The third kappa shape index (κ3) is 3.97. The minimum Gasteiger partial charge on any atom is -0.445 e. The molecule has 1 fully saturated rings. The molecule has 0 amide bonds. The molecule has 1 aromatic carbocycles. The van der Waals surface area contributed by atoms with Gasteiger partial charge in [-0.25, -0.2) is 22.1 Å². The lowest BCUT2D eigenvalue weighted by atomic mass is 10.00. The van der Waals surface area contributed by atoms with Crippen LogP contribution in [0.5, 0.6) is 0 Å². The number of hydrogen-bond acceptors (Lipinski definition) is 4. The van der Waals surface area contributed by atoms with Crippen molar-refractivity contribution in [1.82, 2.24) is 9.29 Å². The van der Waals surface area contributed by atoms with Crippen LogP contribution in [-0.4, -0.2) is 37.1 Å². The summed E-state index contributed by atoms with van der Waals surface area (Å²) in [6.45, 7) is 0.966. The average Bonchev–Trinajstić information content (AvgIpc) is 2.97. The minimum absolute atomic E-state index is 0.0135. The van der Waals surface area contributed by atoms with Crippen molar-refractivity contribution in [2.45, 2.75) is 25.2 Å². The maximum Gasteiger partial charge on any atom is 0.211 e. The number of oxazole rings is 1. The predicted octanol–water partition coefficient (Wildman–Crippen LogP) is 2.54. The van der Waals surface area contributed by atoms with E-state index in [4.69, 9.17) is 4.42 Å². The fourth-order valence-corrected chi connectivity index (χ4v) is 3.75. The Labute approximate surface area is 135 Å². The first kappa shape index (κ1) is 16.1. The first-order valence-electron chi connectivity index (χ1n) is 7.56. The summed E-state index contributed by atoms with van der Waals surface area (Å²) in [5.74, 6) is 0.995. The monoisotopic (exact) mass is 338 g/mol. The van der Waals surface area contributed by atoms with Gasteiger partial charge in [0, 0.05) is 25.4 Å². The number of halogens is 1. The van der Waals surface area contributed by atoms with Gasteiger partial charge in [0.25, 0.3) is 0 Å². The molecule has 1 aromatic heterocycles. The lowest BCUT2D eigenvalue weighted by Gasteiger charge is -2.29. The van der Waals surface area contributed by atoms with Crippen LogP contribution in [0.2, 0.25) is 0 Å². The van der Waals surface area contributed by atoms with Gasteiger partial charge in [-0.2, -0.15) is 0 Å². The summed E-state index contributed by atoms with van der Waals surface area (Å²) in [7, 11) is -3.18. The van der Waals surface area contributed by atoms with Crippen molar-refractivity contribution < 1.29 is 17.2 Å². The third-order valence-corrected chi connectivity index (χ3v) is 5.34. The second kappa shape index (κ2) is 6.41. The number of nitrogens with zero attached hydrogens (tertiary/aromatic N) is 2. The van der Waals surface area contributed by atoms with E-state index in [0.717, 1.165) is 18.4 Å². The molecule has 0 bridgehead atoms. The van der Waals surface area contributed by atoms with Crippen molar-refractivity contribution in [1.29, 1.82) is 0 Å². The maximum atomic E-state index is 12.9. The van der Waals surface area contributed by atoms with Gasteiger partial charge in [0.2, 0.25) is 10.0 Å². The molecule has 23 heavy (non-hydrogen) atoms. The molecule has 0 spiro atoms. The molecule has 0 aliphatic carbocycles. The van der Waals surface area contributed by atoms with Crippen LogP contribution in [0.15, 0.2) is 34.9 Å². The van der Waals surface area contributed by atoms with Gasteiger partial charge in [-0.1, -0.05) is 12.1 Å². The summed E-state index contributed by atoms with van der Waals surface area (Å²) in [6, 6.07) is 6.25. The van der Waals surface area contributed by atoms with Gasteiger partial charge in [-0.05, 0) is 30.5 Å². The zero-order chi connectivity index (χ0) is 16.4. The van der Waals surface area contributed by atoms with Crippen LogP contribution in [0.25, 0.3) is 0 Å². The number of aromatic nitrogens is 1. The summed E-state index contributed by atoms with van der Waals surface area (Å²) in [4.78, 5) is 4.31. The summed E-state index contributed by atoms with van der Waals surface area (Å²) >= 11 is 0. The van der Waals surface area contributed by atoms with Gasteiger partial charge in [0.15, 0.2) is 5.89 Å². The molecule has 7 heteroatoms. The standard InChI is InChI=1S/C16H19FN2O3S/c1-23(20,21)19-8-2-3-13(11-19)16-18-10-15(22-16)9-12-4-6-14(17)7-5-12/h4-7,10,13H,2-3,8-9,11H2,1H3/t13-/m0/s1. The summed E-state index contributed by atoms with van der Waals surface area (Å²) in [5.41, 5.74) is 0.940. The lowest BCUT2D eigenvalue weighted by molar-refractivity contribution is 0.283. The number of hydrogen-bond donors (Lipinski definition) is 0. The van der Waals surface area contributed by atoms with E-state index < -0.39 is 10.0 Å². The van der Waals surface area contributed by atoms with Gasteiger partial charge in [0.1, 0.15) is 11.6 Å². The Morgan fingerprint density at radius 2 is 2.09 bits per heavy atom. The second-order valence-electron chi connectivity index (χ2n) is 5.93. The third-order valence-electron chi connectivity index (χ3n) is 4.07. The Balaban J connectivity index is 1.70. The van der Waals surface area contributed by atoms with Crippen LogP contribution in [0, 0.1) is 5.82 Å². The smallest absolute Gasteiger partial charge is 0.211 e. The minimum atomic E-state index is -3.18. The SMILES string of the molecule is CS(=O)(=O)N1CCC[C@H](c2ncc(Cc3ccc(F)cc3)o2)C1. The molecule has 0 unspecified atom stereocenters. The maximum absolute atomic E-state index is 12.9. The van der Waals surface area contributed by atoms with Crippen molar-refractivity contribution in [2.75, 3.05) is 19.3 Å². The molecule has 0 saturated carbocycles. The highest BCUT2D eigenvalue weighted by molar-refractivity contribution is 7.88. The van der Waals surface area contributed by atoms with E-state index in [1.54, 1.807) is 18.3 Å². The van der Waals surface area contributed by atoms with Crippen LogP contribution >= 0.6 is 0 Å². The van der Waals surface area contributed by atoms with Gasteiger partial charge >= 0.3 is 0 Å². The molecule has 2 heterocycles. The Bertz CT molecular complexity index is 771. The quantitative estimate of drug-likeness (QED) is 0.859. The molecular formula is C16H19FN2O3S. The Kier molecular flexibility index (Phi) is 4.50. The van der Waals surface area contributed by atoms with Gasteiger partial charge < -0.3 is 4.42 Å². The molecule has 3 rings (SSSR count). The van der Waals surface area contributed by atoms with Gasteiger partial charge in [0.05, 0.1) is 12.5 Å². The Morgan fingerprint density at radius 3 is 2.78 bits per heavy atom. The van der Waals surface area contributed by atoms with E-state index in [1.165, 1.54) is 22.7 Å². The van der Waals surface area contributed by atoms with Crippen molar-refractivity contribution in [3.63, 3.8) is 0 Å². The van der Waals surface area contributed by atoms with Crippen LogP contribution in [0.3, 0.4) is 0 Å². The fraction of sp³-hybridized carbons (Fsp3) is 0.438. The zero-order valence-corrected chi connectivity index (χ0v) is 13.7. The molecule has 1 aliphatic heterocycles. The van der Waals surface area contributed by atoms with Gasteiger partial charge in [-0.3, -0.25) is 0 Å². The molecule has 0 radical (unpaired) electrons. The highest BCUT2D eigenvalue weighted by atomic mass is 32.2. The summed E-state index contributed by atoms with van der Waals surface area (Å²) in [6.07, 6.45) is 5.09. The van der Waals surface area contributed by atoms with E-state index in [2.05, 4.69) is 4.98 Å². The predicted molar refractivity (Wildman–Crippen MR) is 84.1 cm³/mol. The van der Waals surface area contributed by atoms with E-state index in [0.29, 0.717) is 31.2 Å². The van der Waals surface area contributed by atoms with Crippen molar-refractivity contribution in [2.24, 2.45) is 0 Å². The number of benzene rings is 1. The van der Waals surface area contributed by atoms with Crippen LogP contribution < -0.4 is 0 Å². The highest BCUT2D eigenvalue weighted by Crippen LogP contribution is 2.28. The number of rotatable bonds is 4. The first-order chi connectivity index (χ1) is 10.9. The van der Waals surface area contributed by atoms with E-state index in [-0.39, 0.29) is 11.7 Å². The lowest BCUT2D eigenvalue weighted by Crippen LogP contribution is -2.38. The van der Waals surface area contributed by atoms with E-state index in [1.807, 2.05) is 0 Å². The Hall–Kier alpha value is -1.73. The summed E-state index contributed by atoms with van der Waals surface area (Å²) < 4.78 is 43.5. The Morgan fingerprint density at radius 1 is 1.35 bits per heavy atom. The molecule has 2 aromatic rings. The average molecular weight is 338 g/mol. The van der Waals surface area contributed by atoms with Crippen LogP contribution in [0.4, 0.5) is 4.39 Å². The largest absolute Gasteiger partial charge is 0.445 e. The van der Waals surface area contributed by atoms with E-state index >= 15 is 0 Å². The fourth-order valence-electron chi connectivity index (χ4n) is 2.84. The van der Waals surface area contributed by atoms with Gasteiger partial charge in [-0.15, -0.1) is 0 Å². The second-order valence-corrected chi connectivity index (χ2v) is 7.91. The van der Waals surface area contributed by atoms with Crippen LogP contribution in [0.1, 0.15) is 36.0 Å². The van der Waals surface area contributed by atoms with E-state index in [9.17, 15) is 12.8 Å².